The maximum atomic E-state index is 11.1. The van der Waals surface area contributed by atoms with Crippen LogP contribution in [0, 0.1) is 10.1 Å². The van der Waals surface area contributed by atoms with E-state index in [1.54, 1.807) is 18.2 Å². The molecule has 0 N–H and O–H groups in total. The molecule has 2 aromatic rings. The molecule has 0 atom stereocenters. The topological polar surface area (TPSA) is 43.1 Å². The minimum absolute atomic E-state index is 0.152. The third-order valence-electron chi connectivity index (χ3n) is 2.69. The molecule has 3 nitrogen and oxygen atoms in total. The van der Waals surface area contributed by atoms with E-state index in [1.807, 2.05) is 25.1 Å². The monoisotopic (exact) mass is 293 g/mol. The van der Waals surface area contributed by atoms with Crippen LogP contribution < -0.4 is 0 Å². The molecule has 0 aliphatic rings. The molecule has 0 bridgehead atoms. The number of hydrogen-bond donors (Lipinski definition) is 0. The zero-order valence-corrected chi connectivity index (χ0v) is 11.9. The van der Waals surface area contributed by atoms with Crippen molar-refractivity contribution in [2.45, 2.75) is 23.1 Å². The molecule has 0 fully saturated rings. The van der Waals surface area contributed by atoms with Crippen molar-refractivity contribution in [3.8, 4) is 0 Å². The standard InChI is InChI=1S/C14H12ClNO2S/c1-2-10-4-3-5-13(16(17)18)14(10)19-12-8-6-11(15)7-9-12/h3-9H,2H2,1H3. The summed E-state index contributed by atoms with van der Waals surface area (Å²) in [7, 11) is 0. The Morgan fingerprint density at radius 3 is 2.47 bits per heavy atom. The van der Waals surface area contributed by atoms with Crippen molar-refractivity contribution in [2.75, 3.05) is 0 Å². The second-order valence-electron chi connectivity index (χ2n) is 3.93. The van der Waals surface area contributed by atoms with Crippen molar-refractivity contribution >= 4 is 29.1 Å². The van der Waals surface area contributed by atoms with E-state index >= 15 is 0 Å². The van der Waals surface area contributed by atoms with Gasteiger partial charge in [0.05, 0.1) is 9.82 Å². The molecule has 2 rings (SSSR count). The average Bonchev–Trinajstić information content (AvgIpc) is 2.41. The van der Waals surface area contributed by atoms with Crippen molar-refractivity contribution in [1.82, 2.24) is 0 Å². The number of hydrogen-bond acceptors (Lipinski definition) is 3. The molecule has 2 aromatic carbocycles. The van der Waals surface area contributed by atoms with Gasteiger partial charge in [-0.15, -0.1) is 0 Å². The summed E-state index contributed by atoms with van der Waals surface area (Å²) in [5, 5.41) is 11.8. The number of nitro groups is 1. The molecule has 0 saturated carbocycles. The van der Waals surface area contributed by atoms with Crippen LogP contribution in [0.2, 0.25) is 5.02 Å². The Kier molecular flexibility index (Phi) is 4.45. The Hall–Kier alpha value is -1.52. The summed E-state index contributed by atoms with van der Waals surface area (Å²) in [6.45, 7) is 1.99. The molecular formula is C14H12ClNO2S. The van der Waals surface area contributed by atoms with Crippen molar-refractivity contribution < 1.29 is 4.92 Å². The van der Waals surface area contributed by atoms with Crippen molar-refractivity contribution in [3.05, 3.63) is 63.2 Å². The SMILES string of the molecule is CCc1cccc([N+](=O)[O-])c1Sc1ccc(Cl)cc1. The first kappa shape index (κ1) is 13.9. The Bertz CT molecular complexity index is 599. The number of rotatable bonds is 4. The van der Waals surface area contributed by atoms with Gasteiger partial charge in [-0.05, 0) is 36.2 Å². The maximum absolute atomic E-state index is 11.1. The third-order valence-corrected chi connectivity index (χ3v) is 4.12. The average molecular weight is 294 g/mol. The summed E-state index contributed by atoms with van der Waals surface area (Å²) in [5.74, 6) is 0. The summed E-state index contributed by atoms with van der Waals surface area (Å²) < 4.78 is 0. The molecule has 0 radical (unpaired) electrons. The second kappa shape index (κ2) is 6.08. The molecule has 0 amide bonds. The van der Waals surface area contributed by atoms with Gasteiger partial charge in [0.2, 0.25) is 0 Å². The fraction of sp³-hybridized carbons (Fsp3) is 0.143. The van der Waals surface area contributed by atoms with Crippen LogP contribution in [0.25, 0.3) is 0 Å². The Balaban J connectivity index is 2.42. The molecule has 0 unspecified atom stereocenters. The first-order chi connectivity index (χ1) is 9.11. The van der Waals surface area contributed by atoms with E-state index in [2.05, 4.69) is 0 Å². The molecule has 98 valence electrons. The van der Waals surface area contributed by atoms with Crippen LogP contribution in [0.3, 0.4) is 0 Å². The van der Waals surface area contributed by atoms with E-state index in [0.717, 1.165) is 16.9 Å². The van der Waals surface area contributed by atoms with E-state index in [-0.39, 0.29) is 10.6 Å². The van der Waals surface area contributed by atoms with Crippen molar-refractivity contribution in [1.29, 1.82) is 0 Å². The fourth-order valence-electron chi connectivity index (χ4n) is 1.73. The van der Waals surface area contributed by atoms with Gasteiger partial charge in [-0.1, -0.05) is 42.4 Å². The molecule has 0 spiro atoms. The quantitative estimate of drug-likeness (QED) is 0.591. The molecule has 5 heteroatoms. The van der Waals surface area contributed by atoms with Crippen LogP contribution >= 0.6 is 23.4 Å². The summed E-state index contributed by atoms with van der Waals surface area (Å²) in [4.78, 5) is 12.4. The highest BCUT2D eigenvalue weighted by Gasteiger charge is 2.17. The summed E-state index contributed by atoms with van der Waals surface area (Å²) in [6, 6.07) is 12.5. The summed E-state index contributed by atoms with van der Waals surface area (Å²) in [6.07, 6.45) is 0.762. The molecule has 0 heterocycles. The van der Waals surface area contributed by atoms with Gasteiger partial charge in [0.25, 0.3) is 5.69 Å². The van der Waals surface area contributed by atoms with Crippen LogP contribution in [-0.4, -0.2) is 4.92 Å². The van der Waals surface area contributed by atoms with Gasteiger partial charge in [0.15, 0.2) is 0 Å². The van der Waals surface area contributed by atoms with Gasteiger partial charge in [-0.2, -0.15) is 0 Å². The zero-order chi connectivity index (χ0) is 13.8. The second-order valence-corrected chi connectivity index (χ2v) is 5.45. The van der Waals surface area contributed by atoms with E-state index < -0.39 is 0 Å². The molecule has 0 aliphatic carbocycles. The number of aryl methyl sites for hydroxylation is 1. The normalized spacial score (nSPS) is 10.4. The highest BCUT2D eigenvalue weighted by molar-refractivity contribution is 7.99. The molecule has 0 aromatic heterocycles. The number of halogens is 1. The minimum atomic E-state index is -0.336. The lowest BCUT2D eigenvalue weighted by Crippen LogP contribution is -1.94. The third kappa shape index (κ3) is 3.28. The smallest absolute Gasteiger partial charge is 0.258 e. The minimum Gasteiger partial charge on any atom is -0.258 e. The fourth-order valence-corrected chi connectivity index (χ4v) is 2.96. The molecular weight excluding hydrogens is 282 g/mol. The van der Waals surface area contributed by atoms with Crippen molar-refractivity contribution in [2.24, 2.45) is 0 Å². The van der Waals surface area contributed by atoms with Crippen LogP contribution in [0.1, 0.15) is 12.5 Å². The number of nitrogens with zero attached hydrogens (tertiary/aromatic N) is 1. The maximum Gasteiger partial charge on any atom is 0.283 e. The molecule has 0 aliphatic heterocycles. The first-order valence-corrected chi connectivity index (χ1v) is 7.01. The lowest BCUT2D eigenvalue weighted by atomic mass is 10.1. The largest absolute Gasteiger partial charge is 0.283 e. The van der Waals surface area contributed by atoms with Gasteiger partial charge < -0.3 is 0 Å². The Labute approximate surface area is 120 Å². The van der Waals surface area contributed by atoms with Crippen LogP contribution in [0.5, 0.6) is 0 Å². The van der Waals surface area contributed by atoms with Gasteiger partial charge in [0.1, 0.15) is 0 Å². The van der Waals surface area contributed by atoms with Gasteiger partial charge in [0, 0.05) is 16.0 Å². The summed E-state index contributed by atoms with van der Waals surface area (Å²) in [5.41, 5.74) is 1.13. The van der Waals surface area contributed by atoms with Crippen LogP contribution in [0.15, 0.2) is 52.3 Å². The highest BCUT2D eigenvalue weighted by Crippen LogP contribution is 2.37. The molecule has 19 heavy (non-hydrogen) atoms. The van der Waals surface area contributed by atoms with E-state index in [9.17, 15) is 10.1 Å². The molecule has 0 saturated heterocycles. The highest BCUT2D eigenvalue weighted by atomic mass is 35.5. The van der Waals surface area contributed by atoms with Gasteiger partial charge in [-0.3, -0.25) is 10.1 Å². The lowest BCUT2D eigenvalue weighted by Gasteiger charge is -2.08. The van der Waals surface area contributed by atoms with Crippen LogP contribution in [-0.2, 0) is 6.42 Å². The zero-order valence-electron chi connectivity index (χ0n) is 10.3. The number of nitro benzene ring substituents is 1. The Morgan fingerprint density at radius 2 is 1.89 bits per heavy atom. The van der Waals surface area contributed by atoms with Gasteiger partial charge >= 0.3 is 0 Å². The first-order valence-electron chi connectivity index (χ1n) is 5.81. The van der Waals surface area contributed by atoms with E-state index in [1.165, 1.54) is 17.8 Å². The lowest BCUT2D eigenvalue weighted by molar-refractivity contribution is -0.387. The van der Waals surface area contributed by atoms with Crippen LogP contribution in [0.4, 0.5) is 5.69 Å². The van der Waals surface area contributed by atoms with E-state index in [4.69, 9.17) is 11.6 Å². The summed E-state index contributed by atoms with van der Waals surface area (Å²) >= 11 is 7.24. The van der Waals surface area contributed by atoms with Gasteiger partial charge in [-0.25, -0.2) is 0 Å². The van der Waals surface area contributed by atoms with Crippen molar-refractivity contribution in [3.63, 3.8) is 0 Å². The number of benzene rings is 2. The predicted octanol–water partition coefficient (Wildman–Crippen LogP) is 4.96. The Morgan fingerprint density at radius 1 is 1.21 bits per heavy atom. The predicted molar refractivity (Wildman–Crippen MR) is 78.0 cm³/mol. The van der Waals surface area contributed by atoms with E-state index in [0.29, 0.717) is 9.92 Å².